The number of amides is 2. The van der Waals surface area contributed by atoms with E-state index in [0.717, 1.165) is 11.8 Å². The van der Waals surface area contributed by atoms with E-state index in [2.05, 4.69) is 20.3 Å². The summed E-state index contributed by atoms with van der Waals surface area (Å²) in [6, 6.07) is 4.54. The van der Waals surface area contributed by atoms with Crippen molar-refractivity contribution in [3.8, 4) is 0 Å². The molecule has 192 valence electrons. The van der Waals surface area contributed by atoms with Crippen LogP contribution in [0.4, 0.5) is 10.5 Å². The molecule has 0 bridgehead atoms. The maximum Gasteiger partial charge on any atom is 0.411 e. The molecule has 0 unspecified atom stereocenters. The quantitative estimate of drug-likeness (QED) is 0.416. The Bertz CT molecular complexity index is 1420. The number of rotatable bonds is 9. The lowest BCUT2D eigenvalue weighted by atomic mass is 10.3. The maximum absolute atomic E-state index is 12.6. The zero-order valence-electron chi connectivity index (χ0n) is 20.3. The number of aryl methyl sites for hydroxylation is 1. The second-order valence-electron chi connectivity index (χ2n) is 8.15. The van der Waals surface area contributed by atoms with Crippen molar-refractivity contribution in [1.82, 2.24) is 24.2 Å². The second kappa shape index (κ2) is 11.5. The van der Waals surface area contributed by atoms with Crippen LogP contribution in [0.3, 0.4) is 0 Å². The standard InChI is InChI=1S/C23H27ClN6O5S/c1-5-6-7-10-36(33,34)29-22(31)19-9-8-18-21(28-19)30(15(4)26-18)13-20-17(24)11-16(12-25-20)27-23(32)35-14(2)3/h7-12,14H,5-6,13H2,1-4H3,(H,27,32)(H,29,31). The summed E-state index contributed by atoms with van der Waals surface area (Å²) in [6.45, 7) is 7.32. The number of halogens is 1. The number of nitrogens with zero attached hydrogens (tertiary/aromatic N) is 4. The molecule has 13 heteroatoms. The minimum absolute atomic E-state index is 0.0848. The van der Waals surface area contributed by atoms with Gasteiger partial charge in [-0.25, -0.2) is 27.9 Å². The molecule has 3 heterocycles. The van der Waals surface area contributed by atoms with Crippen LogP contribution >= 0.6 is 11.6 Å². The van der Waals surface area contributed by atoms with Crippen LogP contribution in [0.1, 0.15) is 55.6 Å². The predicted molar refractivity (Wildman–Crippen MR) is 136 cm³/mol. The Morgan fingerprint density at radius 1 is 1.25 bits per heavy atom. The van der Waals surface area contributed by atoms with E-state index >= 15 is 0 Å². The number of carbonyl (C=O) groups is 2. The summed E-state index contributed by atoms with van der Waals surface area (Å²) in [4.78, 5) is 37.5. The van der Waals surface area contributed by atoms with E-state index in [1.54, 1.807) is 37.5 Å². The first-order valence-corrected chi connectivity index (χ1v) is 13.1. The molecule has 0 radical (unpaired) electrons. The highest BCUT2D eigenvalue weighted by atomic mass is 35.5. The fourth-order valence-electron chi connectivity index (χ4n) is 3.17. The Morgan fingerprint density at radius 2 is 2.00 bits per heavy atom. The van der Waals surface area contributed by atoms with Gasteiger partial charge in [0.25, 0.3) is 15.9 Å². The highest BCUT2D eigenvalue weighted by Gasteiger charge is 2.18. The van der Waals surface area contributed by atoms with E-state index in [4.69, 9.17) is 16.3 Å². The average molecular weight is 535 g/mol. The number of ether oxygens (including phenoxy) is 1. The fourth-order valence-corrected chi connectivity index (χ4v) is 4.22. The average Bonchev–Trinajstić information content (AvgIpc) is 3.09. The van der Waals surface area contributed by atoms with Gasteiger partial charge < -0.3 is 9.30 Å². The normalized spacial score (nSPS) is 11.8. The molecule has 0 fully saturated rings. The Kier molecular flexibility index (Phi) is 8.64. The number of carbonyl (C=O) groups excluding carboxylic acids is 2. The Morgan fingerprint density at radius 3 is 2.67 bits per heavy atom. The van der Waals surface area contributed by atoms with Crippen LogP contribution in [0.15, 0.2) is 35.9 Å². The third-order valence-corrected chi connectivity index (χ3v) is 6.14. The number of anilines is 1. The molecule has 36 heavy (non-hydrogen) atoms. The fraction of sp³-hybridized carbons (Fsp3) is 0.348. The van der Waals surface area contributed by atoms with Crippen LogP contribution in [0.25, 0.3) is 11.2 Å². The minimum atomic E-state index is -3.94. The molecule has 0 saturated carbocycles. The van der Waals surface area contributed by atoms with Gasteiger partial charge in [0, 0.05) is 5.41 Å². The topological polar surface area (TPSA) is 145 Å². The van der Waals surface area contributed by atoms with Crippen molar-refractivity contribution in [2.75, 3.05) is 5.32 Å². The van der Waals surface area contributed by atoms with Gasteiger partial charge in [0.05, 0.1) is 35.2 Å². The van der Waals surface area contributed by atoms with Crippen molar-refractivity contribution in [1.29, 1.82) is 0 Å². The predicted octanol–water partition coefficient (Wildman–Crippen LogP) is 4.17. The number of pyridine rings is 2. The summed E-state index contributed by atoms with van der Waals surface area (Å²) in [7, 11) is -3.94. The highest BCUT2D eigenvalue weighted by Crippen LogP contribution is 2.22. The first-order valence-electron chi connectivity index (χ1n) is 11.2. The van der Waals surface area contributed by atoms with Gasteiger partial charge in [-0.3, -0.25) is 15.1 Å². The number of hydrogen-bond donors (Lipinski definition) is 2. The summed E-state index contributed by atoms with van der Waals surface area (Å²) >= 11 is 6.40. The van der Waals surface area contributed by atoms with Crippen molar-refractivity contribution in [2.24, 2.45) is 0 Å². The summed E-state index contributed by atoms with van der Waals surface area (Å²) in [6.07, 6.45) is 3.39. The number of hydrogen-bond acceptors (Lipinski definition) is 8. The van der Waals surface area contributed by atoms with Crippen LogP contribution in [-0.4, -0.2) is 46.0 Å². The zero-order chi connectivity index (χ0) is 26.5. The lowest BCUT2D eigenvalue weighted by molar-refractivity contribution is 0.0977. The molecule has 0 aromatic carbocycles. The van der Waals surface area contributed by atoms with Gasteiger partial charge in [-0.15, -0.1) is 0 Å². The largest absolute Gasteiger partial charge is 0.447 e. The SMILES string of the molecule is CCCC=CS(=O)(=O)NC(=O)c1ccc2nc(C)n(Cc3ncc(NC(=O)OC(C)C)cc3Cl)c2n1. The van der Waals surface area contributed by atoms with E-state index in [-0.39, 0.29) is 23.4 Å². The second-order valence-corrected chi connectivity index (χ2v) is 10.1. The molecule has 3 aromatic heterocycles. The molecule has 0 aliphatic heterocycles. The highest BCUT2D eigenvalue weighted by molar-refractivity contribution is 7.92. The van der Waals surface area contributed by atoms with Crippen LogP contribution in [-0.2, 0) is 21.3 Å². The monoisotopic (exact) mass is 534 g/mol. The van der Waals surface area contributed by atoms with Gasteiger partial charge >= 0.3 is 6.09 Å². The summed E-state index contributed by atoms with van der Waals surface area (Å²) < 4.78 is 33.0. The lowest BCUT2D eigenvalue weighted by Crippen LogP contribution is -2.29. The van der Waals surface area contributed by atoms with Crippen LogP contribution in [0, 0.1) is 6.92 Å². The molecule has 0 aliphatic rings. The Labute approximate surface area is 214 Å². The van der Waals surface area contributed by atoms with Crippen LogP contribution < -0.4 is 10.0 Å². The number of unbranched alkanes of at least 4 members (excludes halogenated alkanes) is 1. The van der Waals surface area contributed by atoms with Gasteiger partial charge in [0.1, 0.15) is 17.0 Å². The molecule has 2 amide bonds. The van der Waals surface area contributed by atoms with Crippen LogP contribution in [0.2, 0.25) is 5.02 Å². The number of aromatic nitrogens is 4. The third-order valence-electron chi connectivity index (χ3n) is 4.80. The number of fused-ring (bicyclic) bond motifs is 1. The first kappa shape index (κ1) is 27.1. The smallest absolute Gasteiger partial charge is 0.411 e. The minimum Gasteiger partial charge on any atom is -0.447 e. The lowest BCUT2D eigenvalue weighted by Gasteiger charge is -2.11. The van der Waals surface area contributed by atoms with Crippen molar-refractivity contribution >= 4 is 50.5 Å². The molecule has 2 N–H and O–H groups in total. The van der Waals surface area contributed by atoms with Gasteiger partial charge in [0.15, 0.2) is 5.65 Å². The molecule has 0 aliphatic carbocycles. The Balaban J connectivity index is 1.84. The third kappa shape index (κ3) is 7.01. The summed E-state index contributed by atoms with van der Waals surface area (Å²) in [5.41, 5.74) is 1.63. The molecule has 3 aromatic rings. The van der Waals surface area contributed by atoms with Crippen molar-refractivity contribution in [2.45, 2.75) is 53.2 Å². The molecular weight excluding hydrogens is 508 g/mol. The van der Waals surface area contributed by atoms with Gasteiger partial charge in [-0.2, -0.15) is 0 Å². The van der Waals surface area contributed by atoms with Crippen molar-refractivity contribution in [3.63, 3.8) is 0 Å². The summed E-state index contributed by atoms with van der Waals surface area (Å²) in [5.74, 6) is -0.269. The Hall–Kier alpha value is -3.51. The van der Waals surface area contributed by atoms with Crippen molar-refractivity contribution in [3.05, 3.63) is 58.1 Å². The van der Waals surface area contributed by atoms with Crippen molar-refractivity contribution < 1.29 is 22.7 Å². The number of allylic oxidation sites excluding steroid dienone is 1. The van der Waals surface area contributed by atoms with E-state index in [1.165, 1.54) is 18.3 Å². The molecule has 11 nitrogen and oxygen atoms in total. The number of imidazole rings is 1. The van der Waals surface area contributed by atoms with Gasteiger partial charge in [-0.05, 0) is 45.4 Å². The van der Waals surface area contributed by atoms with Gasteiger partial charge in [0.2, 0.25) is 0 Å². The molecule has 0 atom stereocenters. The van der Waals surface area contributed by atoms with Gasteiger partial charge in [-0.1, -0.05) is 31.0 Å². The molecule has 0 spiro atoms. The molecule has 0 saturated heterocycles. The molecule has 3 rings (SSSR count). The number of nitrogens with one attached hydrogen (secondary N) is 2. The first-order chi connectivity index (χ1) is 17.0. The molecular formula is C23H27ClN6O5S. The van der Waals surface area contributed by atoms with Crippen LogP contribution in [0.5, 0.6) is 0 Å². The van der Waals surface area contributed by atoms with E-state index < -0.39 is 22.0 Å². The van der Waals surface area contributed by atoms with E-state index in [9.17, 15) is 18.0 Å². The van der Waals surface area contributed by atoms with E-state index in [1.807, 2.05) is 11.6 Å². The van der Waals surface area contributed by atoms with E-state index in [0.29, 0.717) is 34.8 Å². The zero-order valence-corrected chi connectivity index (χ0v) is 21.9. The number of sulfonamides is 1. The maximum atomic E-state index is 12.6. The summed E-state index contributed by atoms with van der Waals surface area (Å²) in [5, 5.41) is 3.82.